The van der Waals surface area contributed by atoms with Crippen LogP contribution in [0.1, 0.15) is 27.8 Å². The molecule has 0 amide bonds. The Morgan fingerprint density at radius 2 is 1.06 bits per heavy atom. The summed E-state index contributed by atoms with van der Waals surface area (Å²) in [6, 6.07) is 56.8. The second-order valence-electron chi connectivity index (χ2n) is 12.9. The van der Waals surface area contributed by atoms with E-state index in [1.165, 1.54) is 92.6 Å². The molecule has 11 rings (SSSR count). The molecule has 47 heavy (non-hydrogen) atoms. The summed E-state index contributed by atoms with van der Waals surface area (Å²) in [5.74, 6) is 0. The van der Waals surface area contributed by atoms with Crippen molar-refractivity contribution >= 4 is 55.4 Å². The van der Waals surface area contributed by atoms with Crippen molar-refractivity contribution in [3.05, 3.63) is 179 Å². The lowest BCUT2D eigenvalue weighted by atomic mass is 9.62. The molecule has 4 heterocycles. The average molecular weight is 617 g/mol. The maximum absolute atomic E-state index is 2.52. The van der Waals surface area contributed by atoms with Gasteiger partial charge >= 0.3 is 0 Å². The van der Waals surface area contributed by atoms with Crippen LogP contribution in [0.4, 0.5) is 0 Å². The zero-order chi connectivity index (χ0) is 30.9. The largest absolute Gasteiger partial charge is 0.309 e. The number of benzene rings is 7. The maximum Gasteiger partial charge on any atom is 0.0765 e. The molecule has 9 aromatic rings. The molecular weight excluding hydrogens is 589 g/mol. The summed E-state index contributed by atoms with van der Waals surface area (Å²) in [7, 11) is 0. The molecule has 0 radical (unpaired) electrons. The van der Waals surface area contributed by atoms with Crippen LogP contribution >= 0.6 is 11.8 Å². The van der Waals surface area contributed by atoms with Crippen molar-refractivity contribution in [3.63, 3.8) is 0 Å². The van der Waals surface area contributed by atoms with E-state index in [0.717, 1.165) is 0 Å². The number of hydrogen-bond donors (Lipinski definition) is 0. The highest BCUT2D eigenvalue weighted by molar-refractivity contribution is 7.99. The van der Waals surface area contributed by atoms with Crippen molar-refractivity contribution in [2.45, 2.75) is 22.1 Å². The molecule has 1 unspecified atom stereocenters. The molecule has 0 fully saturated rings. The molecule has 0 bridgehead atoms. The molecule has 2 aliphatic rings. The maximum atomic E-state index is 2.52. The van der Waals surface area contributed by atoms with Crippen molar-refractivity contribution in [2.75, 3.05) is 0 Å². The molecule has 1 atom stereocenters. The molecule has 2 nitrogen and oxygen atoms in total. The molecule has 0 aliphatic carbocycles. The van der Waals surface area contributed by atoms with Gasteiger partial charge in [0, 0.05) is 37.0 Å². The fraction of sp³-hybridized carbons (Fsp3) is 0.0455. The summed E-state index contributed by atoms with van der Waals surface area (Å²) < 4.78 is 5.02. The fourth-order valence-electron chi connectivity index (χ4n) is 8.79. The molecule has 7 aromatic carbocycles. The zero-order valence-corrected chi connectivity index (χ0v) is 26.6. The Kier molecular flexibility index (Phi) is 4.94. The monoisotopic (exact) mass is 616 g/mol. The van der Waals surface area contributed by atoms with Crippen LogP contribution in [0, 0.1) is 6.92 Å². The Balaban J connectivity index is 1.38. The summed E-state index contributed by atoms with van der Waals surface area (Å²) in [4.78, 5) is 2.64. The second kappa shape index (κ2) is 9.06. The minimum atomic E-state index is -0.500. The Labute approximate surface area is 276 Å². The van der Waals surface area contributed by atoms with Crippen LogP contribution in [0.5, 0.6) is 0 Å². The smallest absolute Gasteiger partial charge is 0.0765 e. The normalized spacial score (nSPS) is 16.2. The standard InChI is InChI=1S/C44H28N2S/c1-27-21-23-28(24-22-27)45-37-17-6-2-12-30(37)32-25-26-36-43(42(32)45)47-40-20-9-5-15-34(40)44(36)33-14-4-8-19-39(33)46-38-18-7-3-11-29(38)31-13-10-16-35(44)41(31)46/h2-26H,1H3. The Hall–Kier alpha value is -5.51. The van der Waals surface area contributed by atoms with Gasteiger partial charge in [0.05, 0.1) is 33.2 Å². The summed E-state index contributed by atoms with van der Waals surface area (Å²) in [6.07, 6.45) is 0. The average Bonchev–Trinajstić information content (AvgIpc) is 3.65. The topological polar surface area (TPSA) is 9.86 Å². The third-order valence-electron chi connectivity index (χ3n) is 10.6. The number of aromatic nitrogens is 2. The van der Waals surface area contributed by atoms with Crippen LogP contribution in [0.15, 0.2) is 161 Å². The van der Waals surface area contributed by atoms with E-state index in [4.69, 9.17) is 0 Å². The van der Waals surface area contributed by atoms with Crippen molar-refractivity contribution in [1.29, 1.82) is 0 Å². The minimum absolute atomic E-state index is 0.500. The van der Waals surface area contributed by atoms with E-state index in [0.29, 0.717) is 0 Å². The first-order chi connectivity index (χ1) is 23.2. The van der Waals surface area contributed by atoms with Gasteiger partial charge in [-0.25, -0.2) is 0 Å². The third-order valence-corrected chi connectivity index (χ3v) is 11.8. The predicted molar refractivity (Wildman–Crippen MR) is 196 cm³/mol. The Morgan fingerprint density at radius 1 is 0.447 bits per heavy atom. The highest BCUT2D eigenvalue weighted by Gasteiger charge is 2.50. The van der Waals surface area contributed by atoms with Crippen LogP contribution in [-0.4, -0.2) is 9.13 Å². The van der Waals surface area contributed by atoms with Crippen molar-refractivity contribution in [2.24, 2.45) is 0 Å². The van der Waals surface area contributed by atoms with Crippen LogP contribution in [0.3, 0.4) is 0 Å². The van der Waals surface area contributed by atoms with Gasteiger partial charge in [-0.3, -0.25) is 0 Å². The van der Waals surface area contributed by atoms with Crippen LogP contribution in [0.2, 0.25) is 0 Å². The van der Waals surface area contributed by atoms with E-state index < -0.39 is 5.41 Å². The molecule has 1 spiro atoms. The molecule has 220 valence electrons. The van der Waals surface area contributed by atoms with Crippen molar-refractivity contribution < 1.29 is 0 Å². The molecule has 3 heteroatoms. The van der Waals surface area contributed by atoms with E-state index in [1.807, 2.05) is 11.8 Å². The molecular formula is C44H28N2S. The SMILES string of the molecule is Cc1ccc(-n2c3ccccc3c3ccc4c(c32)Sc2ccccc2C42c3ccccc3-n3c4ccccc4c4cccc2c43)cc1. The number of rotatable bonds is 1. The van der Waals surface area contributed by atoms with Gasteiger partial charge in [0.1, 0.15) is 0 Å². The predicted octanol–water partition coefficient (Wildman–Crippen LogP) is 11.3. The third kappa shape index (κ3) is 3.08. The lowest BCUT2D eigenvalue weighted by Crippen LogP contribution is -2.37. The van der Waals surface area contributed by atoms with E-state index in [9.17, 15) is 0 Å². The second-order valence-corrected chi connectivity index (χ2v) is 14.0. The number of para-hydroxylation sites is 4. The fourth-order valence-corrected chi connectivity index (χ4v) is 10.1. The van der Waals surface area contributed by atoms with Gasteiger partial charge in [-0.15, -0.1) is 0 Å². The highest BCUT2D eigenvalue weighted by atomic mass is 32.2. The lowest BCUT2D eigenvalue weighted by Gasteiger charge is -2.45. The summed E-state index contributed by atoms with van der Waals surface area (Å²) >= 11 is 1.93. The zero-order valence-electron chi connectivity index (χ0n) is 25.7. The van der Waals surface area contributed by atoms with E-state index in [1.54, 1.807) is 0 Å². The first-order valence-electron chi connectivity index (χ1n) is 16.3. The van der Waals surface area contributed by atoms with Crippen LogP contribution in [0.25, 0.3) is 55.0 Å². The molecule has 2 aromatic heterocycles. The quantitative estimate of drug-likeness (QED) is 0.178. The van der Waals surface area contributed by atoms with Crippen molar-refractivity contribution in [1.82, 2.24) is 9.13 Å². The van der Waals surface area contributed by atoms with Gasteiger partial charge in [0.2, 0.25) is 0 Å². The van der Waals surface area contributed by atoms with Crippen LogP contribution in [-0.2, 0) is 5.41 Å². The van der Waals surface area contributed by atoms with E-state index in [-0.39, 0.29) is 0 Å². The van der Waals surface area contributed by atoms with Crippen LogP contribution < -0.4 is 0 Å². The molecule has 2 aliphatic heterocycles. The highest BCUT2D eigenvalue weighted by Crippen LogP contribution is 2.61. The summed E-state index contributed by atoms with van der Waals surface area (Å²) in [6.45, 7) is 2.16. The summed E-state index contributed by atoms with van der Waals surface area (Å²) in [5.41, 5.74) is 13.7. The van der Waals surface area contributed by atoms with Gasteiger partial charge in [0.25, 0.3) is 0 Å². The number of aryl methyl sites for hydroxylation is 1. The first kappa shape index (κ1) is 25.7. The van der Waals surface area contributed by atoms with E-state index >= 15 is 0 Å². The Bertz CT molecular complexity index is 2780. The number of nitrogens with zero attached hydrogens (tertiary/aromatic N) is 2. The van der Waals surface area contributed by atoms with Gasteiger partial charge in [-0.1, -0.05) is 133 Å². The lowest BCUT2D eigenvalue weighted by molar-refractivity contribution is 0.691. The van der Waals surface area contributed by atoms with Gasteiger partial charge in [-0.2, -0.15) is 0 Å². The van der Waals surface area contributed by atoms with Gasteiger partial charge in [-0.05, 0) is 65.6 Å². The molecule has 0 N–H and O–H groups in total. The van der Waals surface area contributed by atoms with Gasteiger partial charge in [0.15, 0.2) is 0 Å². The van der Waals surface area contributed by atoms with Crippen molar-refractivity contribution in [3.8, 4) is 11.4 Å². The molecule has 0 saturated carbocycles. The summed E-state index contributed by atoms with van der Waals surface area (Å²) in [5, 5.41) is 5.17. The van der Waals surface area contributed by atoms with E-state index in [2.05, 4.69) is 168 Å². The first-order valence-corrected chi connectivity index (χ1v) is 17.1. The number of hydrogen-bond acceptors (Lipinski definition) is 1. The minimum Gasteiger partial charge on any atom is -0.309 e. The number of fused-ring (bicyclic) bond motifs is 15. The van der Waals surface area contributed by atoms with Gasteiger partial charge < -0.3 is 9.13 Å². The Morgan fingerprint density at radius 3 is 1.87 bits per heavy atom. The molecule has 0 saturated heterocycles.